The van der Waals surface area contributed by atoms with E-state index in [-0.39, 0.29) is 18.4 Å². The van der Waals surface area contributed by atoms with Gasteiger partial charge in [-0.15, -0.1) is 0 Å². The Morgan fingerprint density at radius 2 is 1.84 bits per heavy atom. The lowest BCUT2D eigenvalue weighted by atomic mass is 10.1. The van der Waals surface area contributed by atoms with E-state index in [0.29, 0.717) is 18.8 Å². The fourth-order valence-electron chi connectivity index (χ4n) is 4.18. The summed E-state index contributed by atoms with van der Waals surface area (Å²) in [6, 6.07) is 17.9. The molecule has 0 bridgehead atoms. The highest BCUT2D eigenvalue weighted by Crippen LogP contribution is 2.21. The summed E-state index contributed by atoms with van der Waals surface area (Å²) in [5, 5.41) is 7.33. The SMILES string of the molecule is CC(=O)N1CCC[C@H]1C(=O)NCc1nc(NCCCc2ccccc2)c2ccccc2n1. The first-order chi connectivity index (χ1) is 15.6. The van der Waals surface area contributed by atoms with Crippen LogP contribution < -0.4 is 10.6 Å². The van der Waals surface area contributed by atoms with Gasteiger partial charge >= 0.3 is 0 Å². The molecule has 1 aliphatic heterocycles. The lowest BCUT2D eigenvalue weighted by Gasteiger charge is -2.22. The van der Waals surface area contributed by atoms with Gasteiger partial charge in [-0.2, -0.15) is 0 Å². The number of hydrogen-bond donors (Lipinski definition) is 2. The van der Waals surface area contributed by atoms with Crippen molar-refractivity contribution < 1.29 is 9.59 Å². The van der Waals surface area contributed by atoms with Crippen LogP contribution in [0.3, 0.4) is 0 Å². The van der Waals surface area contributed by atoms with E-state index in [0.717, 1.165) is 42.5 Å². The van der Waals surface area contributed by atoms with Gasteiger partial charge in [-0.1, -0.05) is 42.5 Å². The molecule has 2 aromatic carbocycles. The Hall–Kier alpha value is -3.48. The van der Waals surface area contributed by atoms with Crippen LogP contribution in [0.1, 0.15) is 37.6 Å². The minimum atomic E-state index is -0.400. The number of nitrogens with one attached hydrogen (secondary N) is 2. The number of anilines is 1. The third kappa shape index (κ3) is 5.22. The van der Waals surface area contributed by atoms with Crippen LogP contribution in [0.15, 0.2) is 54.6 Å². The van der Waals surface area contributed by atoms with Gasteiger partial charge in [0.25, 0.3) is 0 Å². The van der Waals surface area contributed by atoms with Crippen molar-refractivity contribution in [2.24, 2.45) is 0 Å². The third-order valence-corrected chi connectivity index (χ3v) is 5.81. The molecule has 1 saturated heterocycles. The maximum absolute atomic E-state index is 12.7. The van der Waals surface area contributed by atoms with E-state index in [1.807, 2.05) is 30.3 Å². The smallest absolute Gasteiger partial charge is 0.243 e. The molecule has 3 aromatic rings. The normalized spacial score (nSPS) is 15.7. The number of nitrogens with zero attached hydrogens (tertiary/aromatic N) is 3. The van der Waals surface area contributed by atoms with E-state index >= 15 is 0 Å². The number of benzene rings is 2. The monoisotopic (exact) mass is 431 g/mol. The van der Waals surface area contributed by atoms with Gasteiger partial charge in [0.1, 0.15) is 11.9 Å². The first-order valence-electron chi connectivity index (χ1n) is 11.2. The average molecular weight is 432 g/mol. The second kappa shape index (κ2) is 10.2. The van der Waals surface area contributed by atoms with Crippen LogP contribution in [-0.4, -0.2) is 45.8 Å². The Balaban J connectivity index is 1.41. The fourth-order valence-corrected chi connectivity index (χ4v) is 4.18. The molecular formula is C25H29N5O2. The second-order valence-electron chi connectivity index (χ2n) is 8.11. The number of rotatable bonds is 8. The molecule has 2 heterocycles. The van der Waals surface area contributed by atoms with Crippen molar-refractivity contribution in [3.63, 3.8) is 0 Å². The molecule has 1 fully saturated rings. The zero-order chi connectivity index (χ0) is 22.3. The first-order valence-corrected chi connectivity index (χ1v) is 11.2. The van der Waals surface area contributed by atoms with Crippen LogP contribution in [0.25, 0.3) is 10.9 Å². The van der Waals surface area contributed by atoms with E-state index in [9.17, 15) is 9.59 Å². The molecule has 1 atom stereocenters. The van der Waals surface area contributed by atoms with Gasteiger partial charge in [-0.25, -0.2) is 9.97 Å². The Bertz CT molecular complexity index is 1090. The summed E-state index contributed by atoms with van der Waals surface area (Å²) in [5.74, 6) is 1.12. The van der Waals surface area contributed by atoms with E-state index in [4.69, 9.17) is 0 Å². The molecule has 1 aromatic heterocycles. The van der Waals surface area contributed by atoms with Crippen molar-refractivity contribution in [2.75, 3.05) is 18.4 Å². The van der Waals surface area contributed by atoms with Crippen LogP contribution >= 0.6 is 0 Å². The molecule has 4 rings (SSSR count). The molecule has 0 aliphatic carbocycles. The average Bonchev–Trinajstić information content (AvgIpc) is 3.31. The minimum absolute atomic E-state index is 0.0633. The maximum atomic E-state index is 12.7. The number of hydrogen-bond acceptors (Lipinski definition) is 5. The third-order valence-electron chi connectivity index (χ3n) is 5.81. The highest BCUT2D eigenvalue weighted by molar-refractivity contribution is 5.89. The van der Waals surface area contributed by atoms with E-state index in [1.54, 1.807) is 4.90 Å². The van der Waals surface area contributed by atoms with Gasteiger partial charge in [-0.3, -0.25) is 9.59 Å². The minimum Gasteiger partial charge on any atom is -0.369 e. The molecule has 0 radical (unpaired) electrons. The second-order valence-corrected chi connectivity index (χ2v) is 8.11. The molecular weight excluding hydrogens is 402 g/mol. The number of para-hydroxylation sites is 1. The van der Waals surface area contributed by atoms with Gasteiger partial charge in [-0.05, 0) is 43.4 Å². The van der Waals surface area contributed by atoms with Crippen molar-refractivity contribution in [1.82, 2.24) is 20.2 Å². The topological polar surface area (TPSA) is 87.2 Å². The van der Waals surface area contributed by atoms with E-state index in [1.165, 1.54) is 12.5 Å². The van der Waals surface area contributed by atoms with Crippen molar-refractivity contribution in [3.05, 3.63) is 66.0 Å². The molecule has 1 aliphatic rings. The van der Waals surface area contributed by atoms with Crippen LogP contribution in [0.2, 0.25) is 0 Å². The van der Waals surface area contributed by atoms with Gasteiger partial charge in [0.2, 0.25) is 11.8 Å². The van der Waals surface area contributed by atoms with Gasteiger partial charge in [0, 0.05) is 25.4 Å². The summed E-state index contributed by atoms with van der Waals surface area (Å²) >= 11 is 0. The van der Waals surface area contributed by atoms with Crippen molar-refractivity contribution in [3.8, 4) is 0 Å². The summed E-state index contributed by atoms with van der Waals surface area (Å²) in [4.78, 5) is 35.3. The van der Waals surface area contributed by atoms with Gasteiger partial charge in [0.15, 0.2) is 5.82 Å². The molecule has 7 nitrogen and oxygen atoms in total. The van der Waals surface area contributed by atoms with Gasteiger partial charge < -0.3 is 15.5 Å². The summed E-state index contributed by atoms with van der Waals surface area (Å²) in [6.07, 6.45) is 3.52. The van der Waals surface area contributed by atoms with Crippen LogP contribution in [0, 0.1) is 0 Å². The number of carbonyl (C=O) groups excluding carboxylic acids is 2. The standard InChI is InChI=1S/C25H29N5O2/c1-18(31)30-16-8-14-22(30)25(32)27-17-23-28-21-13-6-5-12-20(21)24(29-23)26-15-7-11-19-9-3-2-4-10-19/h2-6,9-10,12-13,22H,7-8,11,14-17H2,1H3,(H,27,32)(H,26,28,29)/t22-/m0/s1. The Kier molecular flexibility index (Phi) is 6.94. The fraction of sp³-hybridized carbons (Fsp3) is 0.360. The van der Waals surface area contributed by atoms with Crippen molar-refractivity contribution >= 4 is 28.5 Å². The quantitative estimate of drug-likeness (QED) is 0.535. The Morgan fingerprint density at radius 1 is 1.06 bits per heavy atom. The van der Waals surface area contributed by atoms with Crippen LogP contribution in [-0.2, 0) is 22.6 Å². The molecule has 0 unspecified atom stereocenters. The zero-order valence-corrected chi connectivity index (χ0v) is 18.4. The molecule has 2 amide bonds. The van der Waals surface area contributed by atoms with E-state index in [2.05, 4.69) is 44.9 Å². The number of carbonyl (C=O) groups is 2. The number of aromatic nitrogens is 2. The van der Waals surface area contributed by atoms with E-state index < -0.39 is 6.04 Å². The summed E-state index contributed by atoms with van der Waals surface area (Å²) < 4.78 is 0. The number of aryl methyl sites for hydroxylation is 1. The predicted octanol–water partition coefficient (Wildman–Crippen LogP) is 3.30. The molecule has 32 heavy (non-hydrogen) atoms. The molecule has 2 N–H and O–H groups in total. The molecule has 7 heteroatoms. The summed E-state index contributed by atoms with van der Waals surface area (Å²) in [5.41, 5.74) is 2.15. The Morgan fingerprint density at radius 3 is 2.66 bits per heavy atom. The van der Waals surface area contributed by atoms with Crippen LogP contribution in [0.5, 0.6) is 0 Å². The summed E-state index contributed by atoms with van der Waals surface area (Å²) in [6.45, 7) is 3.16. The Labute approximate surface area is 188 Å². The number of fused-ring (bicyclic) bond motifs is 1. The van der Waals surface area contributed by atoms with Crippen molar-refractivity contribution in [2.45, 2.75) is 45.2 Å². The number of amides is 2. The lowest BCUT2D eigenvalue weighted by Crippen LogP contribution is -2.45. The molecule has 0 saturated carbocycles. The molecule has 0 spiro atoms. The van der Waals surface area contributed by atoms with Crippen molar-refractivity contribution in [1.29, 1.82) is 0 Å². The summed E-state index contributed by atoms with van der Waals surface area (Å²) in [7, 11) is 0. The lowest BCUT2D eigenvalue weighted by molar-refractivity contribution is -0.136. The molecule has 166 valence electrons. The zero-order valence-electron chi connectivity index (χ0n) is 18.4. The number of likely N-dealkylation sites (tertiary alicyclic amines) is 1. The predicted molar refractivity (Wildman–Crippen MR) is 125 cm³/mol. The van der Waals surface area contributed by atoms with Crippen LogP contribution in [0.4, 0.5) is 5.82 Å². The van der Waals surface area contributed by atoms with Gasteiger partial charge in [0.05, 0.1) is 12.1 Å². The highest BCUT2D eigenvalue weighted by atomic mass is 16.2. The largest absolute Gasteiger partial charge is 0.369 e. The highest BCUT2D eigenvalue weighted by Gasteiger charge is 2.32. The maximum Gasteiger partial charge on any atom is 0.243 e. The first kappa shape index (κ1) is 21.7.